The van der Waals surface area contributed by atoms with Crippen LogP contribution >= 0.6 is 0 Å². The number of rotatable bonds is 4. The van der Waals surface area contributed by atoms with Gasteiger partial charge in [-0.2, -0.15) is 0 Å². The van der Waals surface area contributed by atoms with E-state index in [4.69, 9.17) is 31.3 Å². The molecule has 0 atom stereocenters. The van der Waals surface area contributed by atoms with Crippen LogP contribution in [0.4, 0.5) is 0 Å². The Morgan fingerprint density at radius 2 is 1.12 bits per heavy atom. The Morgan fingerprint density at radius 3 is 1.24 bits per heavy atom. The zero-order valence-electron chi connectivity index (χ0n) is 11.1. The van der Waals surface area contributed by atoms with Gasteiger partial charge in [0.25, 0.3) is 0 Å². The Labute approximate surface area is 146 Å². The second-order valence-electron chi connectivity index (χ2n) is 2.31. The minimum Gasteiger partial charge on any atom is -0.550 e. The molecule has 5 N–H and O–H groups in total. The van der Waals surface area contributed by atoms with Crippen molar-refractivity contribution in [2.24, 2.45) is 11.5 Å². The second-order valence-corrected chi connectivity index (χ2v) is 2.31. The Balaban J connectivity index is -0.0000000425. The Hall–Kier alpha value is 0.820. The number of nitrogens with one attached hydrogen (secondary N) is 1. The van der Waals surface area contributed by atoms with Crippen molar-refractivity contribution in [3.05, 3.63) is 0 Å². The van der Waals surface area contributed by atoms with E-state index in [-0.39, 0.29) is 59.1 Å². The van der Waals surface area contributed by atoms with E-state index in [9.17, 15) is 0 Å². The zero-order valence-corrected chi connectivity index (χ0v) is 15.1. The minimum atomic E-state index is -1.08. The summed E-state index contributed by atoms with van der Waals surface area (Å²) in [4.78, 5) is 17.8. The van der Waals surface area contributed by atoms with E-state index in [1.807, 2.05) is 0 Å². The fraction of sp³-hybridized carbons (Fsp3) is 0.750. The van der Waals surface area contributed by atoms with E-state index in [0.29, 0.717) is 13.1 Å². The van der Waals surface area contributed by atoms with E-state index in [1.165, 1.54) is 0 Å². The van der Waals surface area contributed by atoms with Crippen LogP contribution in [0.15, 0.2) is 0 Å². The summed E-state index contributed by atoms with van der Waals surface area (Å²) in [6.07, 6.45) is 0. The molecule has 0 fully saturated rings. The molecule has 92 valence electrons. The molecule has 0 rings (SSSR count). The van der Waals surface area contributed by atoms with Crippen molar-refractivity contribution in [2.45, 2.75) is 13.8 Å². The first kappa shape index (κ1) is 30.7. The number of hydrogen-bond donors (Lipinski definition) is 3. The smallest absolute Gasteiger partial charge is 0.550 e. The summed E-state index contributed by atoms with van der Waals surface area (Å²) < 4.78 is 0. The number of carboxylic acids is 2. The van der Waals surface area contributed by atoms with E-state index < -0.39 is 11.9 Å². The molecule has 0 aliphatic rings. The van der Waals surface area contributed by atoms with Gasteiger partial charge in [0.15, 0.2) is 0 Å². The van der Waals surface area contributed by atoms with Crippen molar-refractivity contribution >= 4 is 11.9 Å². The van der Waals surface area contributed by atoms with E-state index in [0.717, 1.165) is 26.9 Å². The van der Waals surface area contributed by atoms with Gasteiger partial charge >= 0.3 is 59.1 Å². The van der Waals surface area contributed by atoms with Gasteiger partial charge < -0.3 is 36.6 Å². The first-order chi connectivity index (χ1) is 6.88. The summed E-state index contributed by atoms with van der Waals surface area (Å²) >= 11 is 0. The number of carboxylic acid groups (broad SMARTS) is 2. The second kappa shape index (κ2) is 30.1. The van der Waals surface area contributed by atoms with E-state index in [1.54, 1.807) is 0 Å². The largest absolute Gasteiger partial charge is 1.00 e. The molecule has 0 heterocycles. The monoisotopic (exact) mass is 267 g/mol. The summed E-state index contributed by atoms with van der Waals surface area (Å²) in [5.41, 5.74) is 10.3. The van der Waals surface area contributed by atoms with Crippen LogP contribution in [0.2, 0.25) is 0 Å². The molecule has 0 aliphatic carbocycles. The van der Waals surface area contributed by atoms with Crippen LogP contribution in [-0.2, 0) is 9.59 Å². The minimum absolute atomic E-state index is 0. The zero-order chi connectivity index (χ0) is 12.7. The molecule has 0 aromatic carbocycles. The predicted molar refractivity (Wildman–Crippen MR) is 52.3 cm³/mol. The topological polar surface area (TPSA) is 144 Å². The molecule has 0 saturated heterocycles. The molecular weight excluding hydrogens is 248 g/mol. The molecule has 7 nitrogen and oxygen atoms in total. The van der Waals surface area contributed by atoms with Gasteiger partial charge in [-0.05, 0) is 13.8 Å². The van der Waals surface area contributed by atoms with Gasteiger partial charge in [-0.1, -0.05) is 0 Å². The van der Waals surface area contributed by atoms with Crippen molar-refractivity contribution in [1.82, 2.24) is 5.32 Å². The van der Waals surface area contributed by atoms with Gasteiger partial charge in [-0.3, -0.25) is 0 Å². The van der Waals surface area contributed by atoms with Gasteiger partial charge in [-0.25, -0.2) is 0 Å². The molecule has 0 unspecified atom stereocenters. The molecule has 0 saturated carbocycles. The van der Waals surface area contributed by atoms with Crippen LogP contribution in [0.25, 0.3) is 0 Å². The van der Waals surface area contributed by atoms with Crippen LogP contribution in [0, 0.1) is 0 Å². The number of hydrogen-bond acceptors (Lipinski definition) is 7. The SMILES string of the molecule is CC(=O)[O-].CC(=O)[O-].NCCNCCN.[Na+].[Na+]. The first-order valence-electron chi connectivity index (χ1n) is 4.34. The van der Waals surface area contributed by atoms with E-state index in [2.05, 4.69) is 5.32 Å². The van der Waals surface area contributed by atoms with Crippen molar-refractivity contribution in [1.29, 1.82) is 0 Å². The first-order valence-corrected chi connectivity index (χ1v) is 4.34. The molecular formula is C8H19N3Na2O4. The average molecular weight is 267 g/mol. The average Bonchev–Trinajstić information content (AvgIpc) is 2.03. The molecule has 0 aliphatic heterocycles. The Bertz CT molecular complexity index is 138. The summed E-state index contributed by atoms with van der Waals surface area (Å²) in [5, 5.41) is 20.8. The Kier molecular flexibility index (Phi) is 54.4. The predicted octanol–water partition coefficient (Wildman–Crippen LogP) is -9.99. The van der Waals surface area contributed by atoms with Gasteiger partial charge in [0, 0.05) is 38.1 Å². The fourth-order valence-corrected chi connectivity index (χ4v) is 0.329. The summed E-state index contributed by atoms with van der Waals surface area (Å²) in [6, 6.07) is 0. The van der Waals surface area contributed by atoms with Crippen molar-refractivity contribution in [3.8, 4) is 0 Å². The van der Waals surface area contributed by atoms with Crippen LogP contribution in [0.1, 0.15) is 13.8 Å². The quantitative estimate of drug-likeness (QED) is 0.339. The third kappa shape index (κ3) is 159. The molecule has 0 aromatic heterocycles. The standard InChI is InChI=1S/C4H13N3.2C2H4O2.2Na/c5-1-3-7-4-2-6;2*1-2(3)4;;/h7H,1-6H2;2*1H3,(H,3,4);;/q;;;2*+1/p-2. The molecule has 0 spiro atoms. The van der Waals surface area contributed by atoms with Crippen LogP contribution in [0.5, 0.6) is 0 Å². The van der Waals surface area contributed by atoms with Crippen molar-refractivity contribution in [2.75, 3.05) is 26.2 Å². The van der Waals surface area contributed by atoms with Crippen LogP contribution in [0.3, 0.4) is 0 Å². The molecule has 9 heteroatoms. The molecule has 0 radical (unpaired) electrons. The number of carbonyl (C=O) groups excluding carboxylic acids is 2. The maximum atomic E-state index is 8.89. The van der Waals surface area contributed by atoms with Gasteiger partial charge in [0.2, 0.25) is 0 Å². The van der Waals surface area contributed by atoms with Gasteiger partial charge in [-0.15, -0.1) is 0 Å². The summed E-state index contributed by atoms with van der Waals surface area (Å²) in [6.45, 7) is 5.08. The number of nitrogens with two attached hydrogens (primary N) is 2. The van der Waals surface area contributed by atoms with Gasteiger partial charge in [0.05, 0.1) is 0 Å². The van der Waals surface area contributed by atoms with Crippen LogP contribution < -0.4 is 86.1 Å². The Morgan fingerprint density at radius 1 is 0.941 bits per heavy atom. The fourth-order valence-electron chi connectivity index (χ4n) is 0.329. The van der Waals surface area contributed by atoms with E-state index >= 15 is 0 Å². The molecule has 0 bridgehead atoms. The maximum absolute atomic E-state index is 8.89. The number of carbonyl (C=O) groups is 2. The molecule has 0 aromatic rings. The normalized spacial score (nSPS) is 6.82. The van der Waals surface area contributed by atoms with Crippen LogP contribution in [-0.4, -0.2) is 38.1 Å². The molecule has 0 amide bonds. The summed E-state index contributed by atoms with van der Waals surface area (Å²) in [5.74, 6) is -2.17. The van der Waals surface area contributed by atoms with Gasteiger partial charge in [0.1, 0.15) is 0 Å². The third-order valence-electron chi connectivity index (χ3n) is 0.642. The third-order valence-corrected chi connectivity index (χ3v) is 0.642. The maximum Gasteiger partial charge on any atom is 1.00 e. The van der Waals surface area contributed by atoms with Crippen molar-refractivity contribution in [3.63, 3.8) is 0 Å². The summed E-state index contributed by atoms with van der Waals surface area (Å²) in [7, 11) is 0. The van der Waals surface area contributed by atoms with Crippen molar-refractivity contribution < 1.29 is 78.9 Å². The number of aliphatic carboxylic acids is 2. The molecule has 17 heavy (non-hydrogen) atoms.